The van der Waals surface area contributed by atoms with Crippen molar-refractivity contribution in [3.8, 4) is 11.8 Å². The molecule has 0 aromatic heterocycles. The van der Waals surface area contributed by atoms with Gasteiger partial charge in [-0.15, -0.1) is 0 Å². The number of nitro benzene ring substituents is 1. The Kier molecular flexibility index (Phi) is 8.17. The van der Waals surface area contributed by atoms with Gasteiger partial charge in [-0.05, 0) is 76.2 Å². The Morgan fingerprint density at radius 1 is 1.06 bits per heavy atom. The highest BCUT2D eigenvalue weighted by atomic mass is 127. The molecule has 1 saturated heterocycles. The van der Waals surface area contributed by atoms with E-state index in [9.17, 15) is 20.2 Å². The summed E-state index contributed by atoms with van der Waals surface area (Å²) in [6.07, 6.45) is 1.61. The van der Waals surface area contributed by atoms with Crippen LogP contribution in [0, 0.1) is 25.0 Å². The first-order valence-electron chi connectivity index (χ1n) is 11.3. The third kappa shape index (κ3) is 6.20. The maximum atomic E-state index is 13.0. The van der Waals surface area contributed by atoms with Crippen molar-refractivity contribution in [2.24, 2.45) is 0 Å². The van der Waals surface area contributed by atoms with Gasteiger partial charge >= 0.3 is 0 Å². The summed E-state index contributed by atoms with van der Waals surface area (Å²) in [6, 6.07) is 23.8. The second-order valence-electron chi connectivity index (χ2n) is 8.19. The van der Waals surface area contributed by atoms with Crippen LogP contribution in [0.3, 0.4) is 0 Å². The van der Waals surface area contributed by atoms with Crippen LogP contribution in [0.5, 0.6) is 5.75 Å². The van der Waals surface area contributed by atoms with Crippen molar-refractivity contribution in [2.75, 3.05) is 31.1 Å². The maximum absolute atomic E-state index is 13.0. The molecule has 0 saturated carbocycles. The summed E-state index contributed by atoms with van der Waals surface area (Å²) >= 11 is 2.14. The highest BCUT2D eigenvalue weighted by Gasteiger charge is 2.24. The highest BCUT2D eigenvalue weighted by molar-refractivity contribution is 14.1. The van der Waals surface area contributed by atoms with Crippen LogP contribution in [0.1, 0.15) is 11.1 Å². The zero-order chi connectivity index (χ0) is 25.5. The van der Waals surface area contributed by atoms with Gasteiger partial charge in [0.25, 0.3) is 11.6 Å². The maximum Gasteiger partial charge on any atom is 0.269 e. The summed E-state index contributed by atoms with van der Waals surface area (Å²) in [5.74, 6) is 0.381. The van der Waals surface area contributed by atoms with E-state index in [-0.39, 0.29) is 23.8 Å². The van der Waals surface area contributed by atoms with Crippen molar-refractivity contribution < 1.29 is 14.5 Å². The number of rotatable bonds is 7. The van der Waals surface area contributed by atoms with Gasteiger partial charge in [0.1, 0.15) is 24.0 Å². The normalized spacial score (nSPS) is 13.7. The van der Waals surface area contributed by atoms with Crippen LogP contribution in [-0.2, 0) is 11.4 Å². The van der Waals surface area contributed by atoms with Gasteiger partial charge in [0, 0.05) is 44.0 Å². The Balaban J connectivity index is 1.37. The van der Waals surface area contributed by atoms with Gasteiger partial charge in [0.15, 0.2) is 0 Å². The Morgan fingerprint density at radius 3 is 2.36 bits per heavy atom. The number of para-hydroxylation sites is 1. The van der Waals surface area contributed by atoms with Crippen molar-refractivity contribution in [3.63, 3.8) is 0 Å². The van der Waals surface area contributed by atoms with Crippen LogP contribution in [0.25, 0.3) is 6.08 Å². The van der Waals surface area contributed by atoms with Crippen molar-refractivity contribution in [1.82, 2.24) is 4.90 Å². The van der Waals surface area contributed by atoms with Crippen LogP contribution < -0.4 is 9.64 Å². The molecule has 3 aromatic carbocycles. The molecule has 0 unspecified atom stereocenters. The number of halogens is 1. The molecule has 182 valence electrons. The Hall–Kier alpha value is -3.91. The number of piperazine rings is 1. The van der Waals surface area contributed by atoms with Gasteiger partial charge in [-0.2, -0.15) is 5.26 Å². The lowest BCUT2D eigenvalue weighted by Gasteiger charge is -2.36. The molecule has 3 aromatic rings. The Morgan fingerprint density at radius 2 is 1.75 bits per heavy atom. The molecule has 0 bridgehead atoms. The molecule has 0 aliphatic carbocycles. The molecule has 1 aliphatic heterocycles. The predicted molar refractivity (Wildman–Crippen MR) is 145 cm³/mol. The number of ether oxygens (including phenoxy) is 1. The summed E-state index contributed by atoms with van der Waals surface area (Å²) in [6.45, 7) is 2.81. The second kappa shape index (κ2) is 11.7. The first-order valence-corrected chi connectivity index (χ1v) is 12.4. The van der Waals surface area contributed by atoms with Gasteiger partial charge in [-0.3, -0.25) is 14.9 Å². The molecule has 1 amide bonds. The van der Waals surface area contributed by atoms with E-state index in [0.29, 0.717) is 31.9 Å². The number of carbonyl (C=O) groups is 1. The van der Waals surface area contributed by atoms with Gasteiger partial charge < -0.3 is 14.5 Å². The SMILES string of the molecule is N#C/C(=C/c1ccc(OCc2ccc([N+](=O)[O-])cc2)c(I)c1)C(=O)N1CCN(c2ccccc2)CC1. The fraction of sp³-hybridized carbons (Fsp3) is 0.185. The van der Waals surface area contributed by atoms with Gasteiger partial charge in [-0.1, -0.05) is 24.3 Å². The number of hydrogen-bond donors (Lipinski definition) is 0. The summed E-state index contributed by atoms with van der Waals surface area (Å²) in [5.41, 5.74) is 2.80. The van der Waals surface area contributed by atoms with E-state index >= 15 is 0 Å². The van der Waals surface area contributed by atoms with Gasteiger partial charge in [-0.25, -0.2) is 0 Å². The number of nitriles is 1. The number of nitro groups is 1. The van der Waals surface area contributed by atoms with E-state index in [4.69, 9.17) is 4.74 Å². The molecule has 1 aliphatic rings. The zero-order valence-corrected chi connectivity index (χ0v) is 21.5. The highest BCUT2D eigenvalue weighted by Crippen LogP contribution is 2.25. The third-order valence-corrected chi connectivity index (χ3v) is 6.69. The van der Waals surface area contributed by atoms with Crippen LogP contribution >= 0.6 is 22.6 Å². The van der Waals surface area contributed by atoms with E-state index in [1.807, 2.05) is 24.3 Å². The van der Waals surface area contributed by atoms with Crippen LogP contribution in [0.4, 0.5) is 11.4 Å². The van der Waals surface area contributed by atoms with Gasteiger partial charge in [0.2, 0.25) is 0 Å². The topological polar surface area (TPSA) is 99.7 Å². The summed E-state index contributed by atoms with van der Waals surface area (Å²) in [7, 11) is 0. The van der Waals surface area contributed by atoms with E-state index in [1.54, 1.807) is 35.2 Å². The van der Waals surface area contributed by atoms with Crippen molar-refractivity contribution in [1.29, 1.82) is 5.26 Å². The molecule has 8 nitrogen and oxygen atoms in total. The fourth-order valence-corrected chi connectivity index (χ4v) is 4.58. The minimum absolute atomic E-state index is 0.0328. The molecule has 1 fully saturated rings. The number of hydrogen-bond acceptors (Lipinski definition) is 6. The molecule has 0 atom stereocenters. The molecule has 0 radical (unpaired) electrons. The summed E-state index contributed by atoms with van der Waals surface area (Å²) in [5, 5.41) is 20.4. The standard InChI is InChI=1S/C27H23IN4O4/c28-25-17-21(8-11-26(25)36-19-20-6-9-24(10-7-20)32(34)35)16-22(18-29)27(33)31-14-12-30(13-15-31)23-4-2-1-3-5-23/h1-11,16-17H,12-15,19H2/b22-16-. The third-order valence-electron chi connectivity index (χ3n) is 5.85. The fourth-order valence-electron chi connectivity index (χ4n) is 3.88. The predicted octanol–water partition coefficient (Wildman–Crippen LogP) is 5.03. The number of anilines is 1. The number of benzene rings is 3. The lowest BCUT2D eigenvalue weighted by atomic mass is 10.1. The van der Waals surface area contributed by atoms with Crippen molar-refractivity contribution in [3.05, 3.63) is 103 Å². The molecule has 36 heavy (non-hydrogen) atoms. The first kappa shape index (κ1) is 25.2. The van der Waals surface area contributed by atoms with Crippen molar-refractivity contribution in [2.45, 2.75) is 6.61 Å². The molecular weight excluding hydrogens is 571 g/mol. The molecule has 0 spiro atoms. The quantitative estimate of drug-likeness (QED) is 0.125. The smallest absolute Gasteiger partial charge is 0.269 e. The molecular formula is C27H23IN4O4. The number of nitrogens with zero attached hydrogens (tertiary/aromatic N) is 4. The largest absolute Gasteiger partial charge is 0.488 e. The monoisotopic (exact) mass is 594 g/mol. The first-order chi connectivity index (χ1) is 17.4. The average Bonchev–Trinajstić information content (AvgIpc) is 2.91. The van der Waals surface area contributed by atoms with E-state index in [1.165, 1.54) is 12.1 Å². The second-order valence-corrected chi connectivity index (χ2v) is 9.35. The van der Waals surface area contributed by atoms with Crippen molar-refractivity contribution >= 4 is 45.9 Å². The van der Waals surface area contributed by atoms with Crippen LogP contribution in [0.2, 0.25) is 0 Å². The van der Waals surface area contributed by atoms with E-state index in [0.717, 1.165) is 20.4 Å². The van der Waals surface area contributed by atoms with Crippen LogP contribution in [0.15, 0.2) is 78.4 Å². The summed E-state index contributed by atoms with van der Waals surface area (Å²) < 4.78 is 6.68. The molecule has 1 heterocycles. The minimum atomic E-state index is -0.440. The van der Waals surface area contributed by atoms with Crippen LogP contribution in [-0.4, -0.2) is 41.9 Å². The molecule has 9 heteroatoms. The Labute approximate surface area is 222 Å². The summed E-state index contributed by atoms with van der Waals surface area (Å²) in [4.78, 5) is 27.3. The molecule has 0 N–H and O–H groups in total. The zero-order valence-electron chi connectivity index (χ0n) is 19.3. The number of amides is 1. The average molecular weight is 594 g/mol. The lowest BCUT2D eigenvalue weighted by molar-refractivity contribution is -0.384. The Bertz CT molecular complexity index is 1310. The van der Waals surface area contributed by atoms with E-state index < -0.39 is 4.92 Å². The number of non-ortho nitro benzene ring substituents is 1. The lowest BCUT2D eigenvalue weighted by Crippen LogP contribution is -2.49. The van der Waals surface area contributed by atoms with E-state index in [2.05, 4.69) is 45.7 Å². The molecule has 4 rings (SSSR count). The number of carbonyl (C=O) groups excluding carboxylic acids is 1. The van der Waals surface area contributed by atoms with Gasteiger partial charge in [0.05, 0.1) is 8.49 Å². The minimum Gasteiger partial charge on any atom is -0.488 e.